The number of hydrogen-bond donors (Lipinski definition) is 0. The van der Waals surface area contributed by atoms with Crippen molar-refractivity contribution in [3.05, 3.63) is 66.7 Å². The molecule has 3 aromatic rings. The Kier molecular flexibility index (Phi) is 4.39. The maximum Gasteiger partial charge on any atom is 0.246 e. The Bertz CT molecular complexity index is 1000. The van der Waals surface area contributed by atoms with Gasteiger partial charge in [-0.1, -0.05) is 42.5 Å². The number of benzene rings is 3. The molecule has 4 nitrogen and oxygen atoms in total. The van der Waals surface area contributed by atoms with Crippen LogP contribution < -0.4 is 9.80 Å². The van der Waals surface area contributed by atoms with E-state index in [0.717, 1.165) is 27.0 Å². The highest BCUT2D eigenvalue weighted by Gasteiger charge is 2.27. The van der Waals surface area contributed by atoms with E-state index >= 15 is 0 Å². The Hall–Kier alpha value is -2.79. The molecule has 0 N–H and O–H groups in total. The molecule has 26 heavy (non-hydrogen) atoms. The summed E-state index contributed by atoms with van der Waals surface area (Å²) in [5.74, 6) is 0.216. The molecule has 4 rings (SSSR count). The number of likely N-dealkylation sites (N-methyl/N-ethyl adjacent to an activating group) is 1. The summed E-state index contributed by atoms with van der Waals surface area (Å²) in [6.45, 7) is 0.0414. The molecular weight excluding hydrogens is 344 g/mol. The third kappa shape index (κ3) is 3.06. The first-order valence-corrected chi connectivity index (χ1v) is 9.39. The summed E-state index contributed by atoms with van der Waals surface area (Å²) in [6.07, 6.45) is 0. The predicted molar refractivity (Wildman–Crippen MR) is 107 cm³/mol. The summed E-state index contributed by atoms with van der Waals surface area (Å²) in [5.41, 5.74) is 1.63. The average Bonchev–Trinajstić information content (AvgIpc) is 2.69. The molecule has 1 aliphatic heterocycles. The molecule has 0 saturated carbocycles. The van der Waals surface area contributed by atoms with Crippen LogP contribution in [0.15, 0.2) is 71.6 Å². The lowest BCUT2D eigenvalue weighted by molar-refractivity contribution is -0.121. The highest BCUT2D eigenvalue weighted by molar-refractivity contribution is 8.00. The van der Waals surface area contributed by atoms with Crippen LogP contribution in [0.4, 0.5) is 11.4 Å². The third-order valence-electron chi connectivity index (χ3n) is 4.60. The van der Waals surface area contributed by atoms with Crippen molar-refractivity contribution in [1.82, 2.24) is 0 Å². The highest BCUT2D eigenvalue weighted by Crippen LogP contribution is 2.35. The Morgan fingerprint density at radius 3 is 2.62 bits per heavy atom. The summed E-state index contributed by atoms with van der Waals surface area (Å²) in [6, 6.07) is 21.7. The maximum atomic E-state index is 12.8. The quantitative estimate of drug-likeness (QED) is 0.709. The third-order valence-corrected chi connectivity index (χ3v) is 5.64. The lowest BCUT2D eigenvalue weighted by atomic mass is 10.1. The predicted octanol–water partition coefficient (Wildman–Crippen LogP) is 3.94. The average molecular weight is 362 g/mol. The van der Waals surface area contributed by atoms with Gasteiger partial charge in [-0.15, -0.1) is 11.8 Å². The van der Waals surface area contributed by atoms with Gasteiger partial charge in [0.25, 0.3) is 0 Å². The van der Waals surface area contributed by atoms with E-state index < -0.39 is 0 Å². The minimum absolute atomic E-state index is 0.0334. The zero-order valence-electron chi connectivity index (χ0n) is 14.4. The van der Waals surface area contributed by atoms with Crippen LogP contribution in [0.5, 0.6) is 0 Å². The number of amides is 2. The van der Waals surface area contributed by atoms with Gasteiger partial charge in [-0.05, 0) is 35.0 Å². The van der Waals surface area contributed by atoms with Gasteiger partial charge in [0.2, 0.25) is 11.8 Å². The van der Waals surface area contributed by atoms with Gasteiger partial charge >= 0.3 is 0 Å². The van der Waals surface area contributed by atoms with Crippen LogP contribution in [0.3, 0.4) is 0 Å². The molecule has 0 fully saturated rings. The van der Waals surface area contributed by atoms with E-state index in [9.17, 15) is 9.59 Å². The van der Waals surface area contributed by atoms with Crippen LogP contribution in [0, 0.1) is 0 Å². The van der Waals surface area contributed by atoms with Gasteiger partial charge in [0, 0.05) is 17.6 Å². The molecule has 130 valence electrons. The molecule has 0 atom stereocenters. The van der Waals surface area contributed by atoms with Gasteiger partial charge in [-0.2, -0.15) is 0 Å². The molecule has 0 unspecified atom stereocenters. The maximum absolute atomic E-state index is 12.8. The molecule has 0 saturated heterocycles. The molecular formula is C21H18N2O2S. The van der Waals surface area contributed by atoms with Crippen molar-refractivity contribution in [2.75, 3.05) is 29.1 Å². The van der Waals surface area contributed by atoms with E-state index in [2.05, 4.69) is 0 Å². The number of rotatable bonds is 3. The fraction of sp³-hybridized carbons (Fsp3) is 0.143. The van der Waals surface area contributed by atoms with Crippen molar-refractivity contribution in [3.63, 3.8) is 0 Å². The monoisotopic (exact) mass is 362 g/mol. The Balaban J connectivity index is 1.58. The van der Waals surface area contributed by atoms with E-state index in [4.69, 9.17) is 0 Å². The van der Waals surface area contributed by atoms with E-state index in [-0.39, 0.29) is 18.4 Å². The molecule has 3 aromatic carbocycles. The van der Waals surface area contributed by atoms with Crippen LogP contribution in [-0.4, -0.2) is 31.2 Å². The molecule has 0 radical (unpaired) electrons. The van der Waals surface area contributed by atoms with Gasteiger partial charge < -0.3 is 9.80 Å². The largest absolute Gasteiger partial charge is 0.314 e. The smallest absolute Gasteiger partial charge is 0.246 e. The topological polar surface area (TPSA) is 40.6 Å². The minimum Gasteiger partial charge on any atom is -0.314 e. The lowest BCUT2D eigenvalue weighted by Gasteiger charge is -2.30. The van der Waals surface area contributed by atoms with Crippen LogP contribution in [-0.2, 0) is 9.59 Å². The molecule has 1 heterocycles. The summed E-state index contributed by atoms with van der Waals surface area (Å²) in [5, 5.41) is 2.22. The summed E-state index contributed by atoms with van der Waals surface area (Å²) in [7, 11) is 1.75. The first-order chi connectivity index (χ1) is 12.6. The van der Waals surface area contributed by atoms with Crippen LogP contribution >= 0.6 is 11.8 Å². The first-order valence-electron chi connectivity index (χ1n) is 8.41. The first kappa shape index (κ1) is 16.7. The van der Waals surface area contributed by atoms with Crippen LogP contribution in [0.2, 0.25) is 0 Å². The molecule has 2 amide bonds. The summed E-state index contributed by atoms with van der Waals surface area (Å²) >= 11 is 1.52. The Morgan fingerprint density at radius 2 is 1.77 bits per heavy atom. The molecule has 0 bridgehead atoms. The van der Waals surface area contributed by atoms with Gasteiger partial charge in [-0.3, -0.25) is 9.59 Å². The second-order valence-electron chi connectivity index (χ2n) is 6.22. The highest BCUT2D eigenvalue weighted by atomic mass is 32.2. The van der Waals surface area contributed by atoms with E-state index in [0.29, 0.717) is 5.75 Å². The number of carbonyl (C=O) groups excluding carboxylic acids is 2. The molecule has 0 aliphatic carbocycles. The van der Waals surface area contributed by atoms with E-state index in [1.165, 1.54) is 11.8 Å². The van der Waals surface area contributed by atoms with Crippen molar-refractivity contribution in [3.8, 4) is 0 Å². The zero-order chi connectivity index (χ0) is 18.1. The normalized spacial score (nSPS) is 13.6. The SMILES string of the molecule is CN(C(=O)CN1C(=O)CSc2ccccc21)c1ccc2ccccc2c1. The number of para-hydroxylation sites is 1. The standard InChI is InChI=1S/C21H18N2O2S/c1-22(17-11-10-15-6-2-3-7-16(15)12-17)20(24)13-23-18-8-4-5-9-19(18)26-14-21(23)25/h2-12H,13-14H2,1H3. The van der Waals surface area contributed by atoms with E-state index in [1.54, 1.807) is 16.8 Å². The Labute approximate surface area is 156 Å². The number of anilines is 2. The molecule has 5 heteroatoms. The minimum atomic E-state index is -0.115. The fourth-order valence-electron chi connectivity index (χ4n) is 3.10. The molecule has 1 aliphatic rings. The number of fused-ring (bicyclic) bond motifs is 2. The fourth-order valence-corrected chi connectivity index (χ4v) is 4.03. The van der Waals surface area contributed by atoms with Crippen LogP contribution in [0.1, 0.15) is 0 Å². The summed E-state index contributed by atoms with van der Waals surface area (Å²) in [4.78, 5) is 29.4. The number of hydrogen-bond acceptors (Lipinski definition) is 3. The molecule has 0 aromatic heterocycles. The van der Waals surface area contributed by atoms with E-state index in [1.807, 2.05) is 66.7 Å². The van der Waals surface area contributed by atoms with Crippen molar-refractivity contribution in [2.45, 2.75) is 4.90 Å². The Morgan fingerprint density at radius 1 is 1.04 bits per heavy atom. The van der Waals surface area contributed by atoms with Gasteiger partial charge in [0.15, 0.2) is 0 Å². The second-order valence-corrected chi connectivity index (χ2v) is 7.24. The molecule has 0 spiro atoms. The van der Waals surface area contributed by atoms with Crippen molar-refractivity contribution in [2.24, 2.45) is 0 Å². The second kappa shape index (κ2) is 6.84. The van der Waals surface area contributed by atoms with Crippen molar-refractivity contribution in [1.29, 1.82) is 0 Å². The van der Waals surface area contributed by atoms with Crippen LogP contribution in [0.25, 0.3) is 10.8 Å². The number of thioether (sulfide) groups is 1. The lowest BCUT2D eigenvalue weighted by Crippen LogP contribution is -2.44. The van der Waals surface area contributed by atoms with Gasteiger partial charge in [0.05, 0.1) is 11.4 Å². The zero-order valence-corrected chi connectivity index (χ0v) is 15.2. The summed E-state index contributed by atoms with van der Waals surface area (Å²) < 4.78 is 0. The van der Waals surface area contributed by atoms with Gasteiger partial charge in [-0.25, -0.2) is 0 Å². The number of carbonyl (C=O) groups is 2. The number of nitrogens with zero attached hydrogens (tertiary/aromatic N) is 2. The van der Waals surface area contributed by atoms with Gasteiger partial charge in [0.1, 0.15) is 6.54 Å². The van der Waals surface area contributed by atoms with Crippen molar-refractivity contribution >= 4 is 45.7 Å². The van der Waals surface area contributed by atoms with Crippen molar-refractivity contribution < 1.29 is 9.59 Å².